The summed E-state index contributed by atoms with van der Waals surface area (Å²) in [7, 11) is 1.96. The molecule has 0 amide bonds. The van der Waals surface area contributed by atoms with Crippen molar-refractivity contribution in [3.63, 3.8) is 0 Å². The van der Waals surface area contributed by atoms with E-state index in [0.29, 0.717) is 12.8 Å². The molecule has 3 heterocycles. The fourth-order valence-corrected chi connectivity index (χ4v) is 3.00. The first-order valence-corrected chi connectivity index (χ1v) is 6.44. The van der Waals surface area contributed by atoms with Gasteiger partial charge >= 0.3 is 17.3 Å². The van der Waals surface area contributed by atoms with E-state index in [0.717, 1.165) is 22.5 Å². The van der Waals surface area contributed by atoms with Crippen molar-refractivity contribution < 1.29 is 11.3 Å². The molecule has 1 aromatic rings. The number of hydrogen-bond donors (Lipinski definition) is 2. The van der Waals surface area contributed by atoms with Crippen LogP contribution in [0, 0.1) is 0 Å². The smallest absolute Gasteiger partial charge is 0.345 e. The van der Waals surface area contributed by atoms with Crippen LogP contribution in [-0.4, -0.2) is 50.5 Å². The lowest BCUT2D eigenvalue weighted by Crippen LogP contribution is -2.53. The Kier molecular flexibility index (Phi) is 2.46. The second-order valence-electron chi connectivity index (χ2n) is 5.38. The van der Waals surface area contributed by atoms with E-state index in [1.165, 1.54) is 6.08 Å². The topological polar surface area (TPSA) is 100 Å². The lowest BCUT2D eigenvalue weighted by molar-refractivity contribution is -0.140. The van der Waals surface area contributed by atoms with Crippen molar-refractivity contribution in [3.05, 3.63) is 33.1 Å². The van der Waals surface area contributed by atoms with Crippen molar-refractivity contribution in [1.82, 2.24) is 19.2 Å². The predicted molar refractivity (Wildman–Crippen MR) is 69.8 cm³/mol. The van der Waals surface area contributed by atoms with E-state index < -0.39 is 28.9 Å². The first-order chi connectivity index (χ1) is 9.87. The number of H-pyrrole nitrogens is 1. The Hall–Kier alpha value is -2.09. The number of carboxylic acids is 1. The van der Waals surface area contributed by atoms with Gasteiger partial charge in [-0.1, -0.05) is 12.2 Å². The van der Waals surface area contributed by atoms with Gasteiger partial charge in [0.05, 0.1) is 5.54 Å². The first-order valence-electron chi connectivity index (χ1n) is 6.89. The molecule has 1 spiro atoms. The van der Waals surface area contributed by atoms with Crippen molar-refractivity contribution >= 4 is 5.97 Å². The monoisotopic (exact) mass is 282 g/mol. The first kappa shape index (κ1) is 11.7. The molecule has 2 aliphatic heterocycles. The lowest BCUT2D eigenvalue weighted by Gasteiger charge is -2.42. The molecule has 1 atom stereocenters. The Bertz CT molecular complexity index is 735. The molecular formula is C12H16N4O4. The quantitative estimate of drug-likeness (QED) is 0.640. The highest BCUT2D eigenvalue weighted by Crippen LogP contribution is 2.33. The molecule has 1 aromatic heterocycles. The molecule has 108 valence electrons. The number of carbonyl (C=O) groups is 1. The van der Waals surface area contributed by atoms with Crippen LogP contribution >= 0.6 is 0 Å². The maximum atomic E-state index is 12.2. The molecule has 3 rings (SSSR count). The standard InChI is InChI=1S/C12H16N4O4/c1-14-6-4-12(5-7-14)3-2-8(9(17)18)15-10(19)13-11(20)16(12)15/h2-3,8H,4-7H2,1H3,(H,17,18)(H,13,19,20)/i/hT. The number of rotatable bonds is 1. The van der Waals surface area contributed by atoms with Crippen molar-refractivity contribution in [1.29, 1.82) is 0 Å². The summed E-state index contributed by atoms with van der Waals surface area (Å²) in [5.74, 6) is -1.23. The molecule has 8 heteroatoms. The van der Waals surface area contributed by atoms with E-state index >= 15 is 0 Å². The highest BCUT2D eigenvalue weighted by molar-refractivity contribution is 5.74. The number of hydrogen-bond acceptors (Lipinski definition) is 4. The number of aliphatic carboxylic acids is 1. The molecule has 20 heavy (non-hydrogen) atoms. The minimum Gasteiger partial charge on any atom is -0.479 e. The van der Waals surface area contributed by atoms with E-state index in [9.17, 15) is 19.5 Å². The van der Waals surface area contributed by atoms with Crippen LogP contribution in [0.25, 0.3) is 0 Å². The van der Waals surface area contributed by atoms with Gasteiger partial charge in [0.2, 0.25) is 0 Å². The molecule has 0 aliphatic carbocycles. The van der Waals surface area contributed by atoms with Crippen LogP contribution in [0.5, 0.6) is 0 Å². The largest absolute Gasteiger partial charge is 0.479 e. The molecule has 1 saturated heterocycles. The number of fused-ring (bicyclic) bond motifs is 2. The maximum absolute atomic E-state index is 12.2. The number of carboxylic acid groups (broad SMARTS) is 1. The van der Waals surface area contributed by atoms with Crippen LogP contribution in [0.1, 0.15) is 18.9 Å². The summed E-state index contributed by atoms with van der Waals surface area (Å²) in [4.78, 5) is 37.9. The Morgan fingerprint density at radius 2 is 2.10 bits per heavy atom. The zero-order valence-corrected chi connectivity index (χ0v) is 11.0. The molecular weight excluding hydrogens is 264 g/mol. The summed E-state index contributed by atoms with van der Waals surface area (Å²) in [5, 5.41) is 9.23. The SMILES string of the molecule is [3H]n1c(=O)n2n(c1=O)C1(C=CC2C(=O)O)CCN(C)CC1. The predicted octanol–water partition coefficient (Wildman–Crippen LogP) is -1.05. The average molecular weight is 282 g/mol. The van der Waals surface area contributed by atoms with Gasteiger partial charge in [-0.15, -0.1) is 0 Å². The third kappa shape index (κ3) is 1.68. The van der Waals surface area contributed by atoms with Gasteiger partial charge in [-0.05, 0) is 19.9 Å². The fourth-order valence-electron chi connectivity index (χ4n) is 3.00. The van der Waals surface area contributed by atoms with Gasteiger partial charge < -0.3 is 10.0 Å². The van der Waals surface area contributed by atoms with E-state index in [1.54, 1.807) is 6.08 Å². The van der Waals surface area contributed by atoms with Crippen molar-refractivity contribution in [2.45, 2.75) is 24.4 Å². The molecule has 2 N–H and O–H groups in total. The maximum Gasteiger partial charge on any atom is 0.345 e. The Labute approximate surface area is 115 Å². The van der Waals surface area contributed by atoms with Gasteiger partial charge in [0.15, 0.2) is 7.45 Å². The third-order valence-electron chi connectivity index (χ3n) is 4.16. The number of aromatic amines is 1. The van der Waals surface area contributed by atoms with Crippen LogP contribution < -0.4 is 11.4 Å². The van der Waals surface area contributed by atoms with Gasteiger partial charge in [-0.2, -0.15) is 0 Å². The van der Waals surface area contributed by atoms with Crippen LogP contribution in [0.4, 0.5) is 0 Å². The molecule has 8 nitrogen and oxygen atoms in total. The summed E-state index contributed by atoms with van der Waals surface area (Å²) in [6, 6.07) is -1.25. The highest BCUT2D eigenvalue weighted by atomic mass is 16.4. The highest BCUT2D eigenvalue weighted by Gasteiger charge is 2.42. The number of likely N-dealkylation sites (tertiary alicyclic amines) is 1. The normalized spacial score (nSPS) is 25.4. The zero-order valence-electron chi connectivity index (χ0n) is 12.0. The minimum atomic E-state index is -1.25. The molecule has 1 unspecified atom stereocenters. The molecule has 1 fully saturated rings. The van der Waals surface area contributed by atoms with E-state index in [2.05, 4.69) is 4.90 Å². The van der Waals surface area contributed by atoms with Crippen molar-refractivity contribution in [2.24, 2.45) is 0 Å². The van der Waals surface area contributed by atoms with Crippen LogP contribution in [0.3, 0.4) is 0 Å². The minimum absolute atomic E-state index is 0.225. The fraction of sp³-hybridized carbons (Fsp3) is 0.583. The Balaban J connectivity index is 2.24. The second-order valence-corrected chi connectivity index (χ2v) is 5.38. The Morgan fingerprint density at radius 3 is 2.70 bits per heavy atom. The van der Waals surface area contributed by atoms with Crippen LogP contribution in [0.15, 0.2) is 21.7 Å². The van der Waals surface area contributed by atoms with Gasteiger partial charge in [0.1, 0.15) is 0 Å². The molecule has 0 radical (unpaired) electrons. The van der Waals surface area contributed by atoms with Crippen molar-refractivity contribution in [3.8, 4) is 0 Å². The molecule has 0 saturated carbocycles. The van der Waals surface area contributed by atoms with E-state index in [-0.39, 0.29) is 4.98 Å². The lowest BCUT2D eigenvalue weighted by atomic mass is 9.86. The summed E-state index contributed by atoms with van der Waals surface area (Å²) in [6.07, 6.45) is 4.33. The second kappa shape index (κ2) is 4.20. The van der Waals surface area contributed by atoms with E-state index in [4.69, 9.17) is 1.41 Å². The van der Waals surface area contributed by atoms with Gasteiger partial charge in [-0.3, -0.25) is 4.98 Å². The zero-order chi connectivity index (χ0) is 15.4. The summed E-state index contributed by atoms with van der Waals surface area (Å²) < 4.78 is 9.58. The summed E-state index contributed by atoms with van der Waals surface area (Å²) in [6.45, 7) is 1.46. The van der Waals surface area contributed by atoms with Crippen molar-refractivity contribution in [2.75, 3.05) is 20.1 Å². The molecule has 0 bridgehead atoms. The Morgan fingerprint density at radius 1 is 1.45 bits per heavy atom. The number of aromatic nitrogens is 3. The number of allylic oxidation sites excluding steroid dienone is 1. The number of nitrogens with zero attached hydrogens (tertiary/aromatic N) is 3. The van der Waals surface area contributed by atoms with Gasteiger partial charge in [0, 0.05) is 13.1 Å². The third-order valence-corrected chi connectivity index (χ3v) is 4.16. The van der Waals surface area contributed by atoms with Crippen LogP contribution in [-0.2, 0) is 10.3 Å². The average Bonchev–Trinajstić information content (AvgIpc) is 2.68. The summed E-state index contributed by atoms with van der Waals surface area (Å²) >= 11 is 0. The molecule has 2 aliphatic rings. The van der Waals surface area contributed by atoms with Gasteiger partial charge in [0.25, 0.3) is 0 Å². The molecule has 0 aromatic carbocycles. The van der Waals surface area contributed by atoms with Crippen LogP contribution in [0.2, 0.25) is 1.41 Å². The summed E-state index contributed by atoms with van der Waals surface area (Å²) in [5.41, 5.74) is -2.43. The number of piperidine rings is 1. The van der Waals surface area contributed by atoms with Gasteiger partial charge in [-0.25, -0.2) is 23.7 Å². The number of nitrogens with one attached hydrogen (secondary N) is 1. The van der Waals surface area contributed by atoms with E-state index in [1.807, 2.05) is 7.05 Å².